The Morgan fingerprint density at radius 2 is 2.33 bits per heavy atom. The molecule has 0 aromatic heterocycles. The smallest absolute Gasteiger partial charge is 0.0630 e. The number of allylic oxidation sites excluding steroid dienone is 1. The molecule has 1 heterocycles. The second-order valence-electron chi connectivity index (χ2n) is 3.75. The summed E-state index contributed by atoms with van der Waals surface area (Å²) in [4.78, 5) is 2.22. The normalized spacial score (nSPS) is 14.6. The number of benzene rings is 1. The number of nitrogens with two attached hydrogens (primary N) is 1. The fourth-order valence-corrected chi connectivity index (χ4v) is 2.03. The van der Waals surface area contributed by atoms with E-state index in [4.69, 9.17) is 11.1 Å². The number of nitrogens with one attached hydrogen (secondary N) is 1. The van der Waals surface area contributed by atoms with Gasteiger partial charge < -0.3 is 16.0 Å². The predicted octanol–water partition coefficient (Wildman–Crippen LogP) is 1.52. The van der Waals surface area contributed by atoms with Gasteiger partial charge in [0.2, 0.25) is 0 Å². The fourth-order valence-electron chi connectivity index (χ4n) is 2.03. The number of rotatable bonds is 2. The van der Waals surface area contributed by atoms with E-state index in [9.17, 15) is 0 Å². The lowest BCUT2D eigenvalue weighted by Gasteiger charge is -2.12. The number of likely N-dealkylation sites (N-methyl/N-ethyl adjacent to an activating group) is 1. The monoisotopic (exact) mass is 201 g/mol. The Labute approximate surface area is 89.7 Å². The second-order valence-corrected chi connectivity index (χ2v) is 3.75. The zero-order valence-electron chi connectivity index (χ0n) is 8.83. The average Bonchev–Trinajstić information content (AvgIpc) is 2.61. The van der Waals surface area contributed by atoms with Crippen molar-refractivity contribution < 1.29 is 0 Å². The summed E-state index contributed by atoms with van der Waals surface area (Å²) in [5, 5.41) is 7.88. The minimum Gasteiger partial charge on any atom is -0.405 e. The summed E-state index contributed by atoms with van der Waals surface area (Å²) < 4.78 is 0. The second kappa shape index (κ2) is 3.77. The van der Waals surface area contributed by atoms with Gasteiger partial charge in [-0.1, -0.05) is 12.1 Å². The molecule has 0 fully saturated rings. The Hall–Kier alpha value is -1.77. The van der Waals surface area contributed by atoms with Crippen LogP contribution in [0, 0.1) is 5.41 Å². The highest BCUT2D eigenvalue weighted by Crippen LogP contribution is 2.29. The molecule has 1 aliphatic heterocycles. The molecule has 1 aromatic rings. The highest BCUT2D eigenvalue weighted by molar-refractivity contribution is 6.08. The minimum atomic E-state index is 0.490. The maximum Gasteiger partial charge on any atom is 0.0630 e. The Balaban J connectivity index is 2.46. The van der Waals surface area contributed by atoms with Gasteiger partial charge in [0.05, 0.1) is 5.71 Å². The number of anilines is 1. The van der Waals surface area contributed by atoms with E-state index in [0.29, 0.717) is 5.71 Å². The van der Waals surface area contributed by atoms with Gasteiger partial charge in [-0.2, -0.15) is 0 Å². The molecule has 0 saturated carbocycles. The molecule has 0 spiro atoms. The third kappa shape index (κ3) is 1.61. The van der Waals surface area contributed by atoms with Crippen molar-refractivity contribution in [3.63, 3.8) is 0 Å². The Bertz CT molecular complexity index is 421. The molecule has 0 bridgehead atoms. The molecular formula is C12H15N3. The molecule has 0 saturated heterocycles. The third-order valence-corrected chi connectivity index (χ3v) is 2.81. The molecule has 0 aliphatic carbocycles. The van der Waals surface area contributed by atoms with Crippen molar-refractivity contribution in [2.24, 2.45) is 5.73 Å². The lowest BCUT2D eigenvalue weighted by molar-refractivity contribution is 0.955. The minimum absolute atomic E-state index is 0.490. The van der Waals surface area contributed by atoms with E-state index in [1.54, 1.807) is 6.08 Å². The summed E-state index contributed by atoms with van der Waals surface area (Å²) in [5.41, 5.74) is 9.30. The summed E-state index contributed by atoms with van der Waals surface area (Å²) in [7, 11) is 2.08. The first kappa shape index (κ1) is 9.77. The van der Waals surface area contributed by atoms with Crippen molar-refractivity contribution in [1.82, 2.24) is 0 Å². The standard InChI is InChI=1S/C12H15N3/c1-15-8-6-10-9(11(14)5-7-13)3-2-4-12(10)15/h2-5,7,14H,6,8,13H2,1H3/b7-5-,14-11?. The van der Waals surface area contributed by atoms with Gasteiger partial charge >= 0.3 is 0 Å². The van der Waals surface area contributed by atoms with Crippen LogP contribution in [0.25, 0.3) is 0 Å². The van der Waals surface area contributed by atoms with Crippen LogP contribution in [0.15, 0.2) is 30.5 Å². The van der Waals surface area contributed by atoms with E-state index < -0.39 is 0 Å². The van der Waals surface area contributed by atoms with Crippen molar-refractivity contribution in [2.45, 2.75) is 6.42 Å². The van der Waals surface area contributed by atoms with Crippen molar-refractivity contribution in [1.29, 1.82) is 5.41 Å². The van der Waals surface area contributed by atoms with E-state index in [1.807, 2.05) is 12.1 Å². The van der Waals surface area contributed by atoms with Gasteiger partial charge in [0.25, 0.3) is 0 Å². The van der Waals surface area contributed by atoms with Gasteiger partial charge in [0.1, 0.15) is 0 Å². The summed E-state index contributed by atoms with van der Waals surface area (Å²) in [6, 6.07) is 6.08. The molecule has 15 heavy (non-hydrogen) atoms. The summed E-state index contributed by atoms with van der Waals surface area (Å²) in [5.74, 6) is 0. The molecule has 0 amide bonds. The van der Waals surface area contributed by atoms with E-state index in [1.165, 1.54) is 17.5 Å². The summed E-state index contributed by atoms with van der Waals surface area (Å²) in [6.07, 6.45) is 4.07. The molecule has 2 rings (SSSR count). The van der Waals surface area contributed by atoms with E-state index in [2.05, 4.69) is 18.0 Å². The zero-order chi connectivity index (χ0) is 10.8. The van der Waals surface area contributed by atoms with E-state index >= 15 is 0 Å². The number of hydrogen-bond acceptors (Lipinski definition) is 3. The maximum atomic E-state index is 7.88. The molecule has 3 N–H and O–H groups in total. The van der Waals surface area contributed by atoms with Gasteiger partial charge in [-0.15, -0.1) is 0 Å². The molecule has 0 radical (unpaired) electrons. The molecule has 3 nitrogen and oxygen atoms in total. The van der Waals surface area contributed by atoms with Crippen LogP contribution < -0.4 is 10.6 Å². The molecule has 1 aromatic carbocycles. The Morgan fingerprint density at radius 1 is 1.53 bits per heavy atom. The van der Waals surface area contributed by atoms with Crippen LogP contribution in [0.2, 0.25) is 0 Å². The first-order valence-electron chi connectivity index (χ1n) is 5.04. The Morgan fingerprint density at radius 3 is 3.07 bits per heavy atom. The molecular weight excluding hydrogens is 186 g/mol. The predicted molar refractivity (Wildman–Crippen MR) is 63.6 cm³/mol. The number of fused-ring (bicyclic) bond motifs is 1. The average molecular weight is 201 g/mol. The van der Waals surface area contributed by atoms with Crippen molar-refractivity contribution >= 4 is 11.4 Å². The van der Waals surface area contributed by atoms with Crippen LogP contribution in [-0.4, -0.2) is 19.3 Å². The van der Waals surface area contributed by atoms with Gasteiger partial charge in [0.15, 0.2) is 0 Å². The number of nitrogens with zero attached hydrogens (tertiary/aromatic N) is 1. The largest absolute Gasteiger partial charge is 0.405 e. The molecule has 0 unspecified atom stereocenters. The first-order chi connectivity index (χ1) is 7.24. The van der Waals surface area contributed by atoms with Crippen LogP contribution in [0.1, 0.15) is 11.1 Å². The van der Waals surface area contributed by atoms with Crippen molar-refractivity contribution in [3.8, 4) is 0 Å². The lowest BCUT2D eigenvalue weighted by Crippen LogP contribution is -2.12. The highest BCUT2D eigenvalue weighted by atomic mass is 15.1. The van der Waals surface area contributed by atoms with E-state index in [0.717, 1.165) is 18.5 Å². The molecule has 3 heteroatoms. The van der Waals surface area contributed by atoms with Crippen LogP contribution in [0.4, 0.5) is 5.69 Å². The zero-order valence-corrected chi connectivity index (χ0v) is 8.83. The summed E-state index contributed by atoms with van der Waals surface area (Å²) >= 11 is 0. The van der Waals surface area contributed by atoms with Crippen LogP contribution in [-0.2, 0) is 6.42 Å². The molecule has 78 valence electrons. The van der Waals surface area contributed by atoms with Crippen LogP contribution in [0.5, 0.6) is 0 Å². The van der Waals surface area contributed by atoms with Gasteiger partial charge in [-0.05, 0) is 30.3 Å². The highest BCUT2D eigenvalue weighted by Gasteiger charge is 2.19. The first-order valence-corrected chi connectivity index (χ1v) is 5.04. The maximum absolute atomic E-state index is 7.88. The fraction of sp³-hybridized carbons (Fsp3) is 0.250. The van der Waals surface area contributed by atoms with Gasteiger partial charge in [0, 0.05) is 24.8 Å². The topological polar surface area (TPSA) is 53.1 Å². The SMILES string of the molecule is CN1CCc2c(C(=N)/C=C\N)cccc21. The quantitative estimate of drug-likeness (QED) is 0.713. The van der Waals surface area contributed by atoms with E-state index in [-0.39, 0.29) is 0 Å². The van der Waals surface area contributed by atoms with Crippen LogP contribution in [0.3, 0.4) is 0 Å². The lowest BCUT2D eigenvalue weighted by atomic mass is 10.0. The molecule has 1 aliphatic rings. The third-order valence-electron chi connectivity index (χ3n) is 2.81. The van der Waals surface area contributed by atoms with Crippen LogP contribution >= 0.6 is 0 Å². The van der Waals surface area contributed by atoms with Gasteiger partial charge in [-0.3, -0.25) is 0 Å². The van der Waals surface area contributed by atoms with Crippen molar-refractivity contribution in [3.05, 3.63) is 41.6 Å². The molecule has 0 atom stereocenters. The van der Waals surface area contributed by atoms with Crippen molar-refractivity contribution in [2.75, 3.05) is 18.5 Å². The number of hydrogen-bond donors (Lipinski definition) is 2. The summed E-state index contributed by atoms with van der Waals surface area (Å²) in [6.45, 7) is 1.03. The Kier molecular flexibility index (Phi) is 2.46. The van der Waals surface area contributed by atoms with Gasteiger partial charge in [-0.25, -0.2) is 0 Å².